The average molecular weight is 215 g/mol. The summed E-state index contributed by atoms with van der Waals surface area (Å²) in [5.74, 6) is 0. The van der Waals surface area contributed by atoms with Gasteiger partial charge in [0.1, 0.15) is 0 Å². The Morgan fingerprint density at radius 3 is 2.50 bits per heavy atom. The zero-order valence-corrected chi connectivity index (χ0v) is 10.7. The molecule has 4 heteroatoms. The zero-order chi connectivity index (χ0) is 10.8. The second kappa shape index (κ2) is 4.53. The van der Waals surface area contributed by atoms with E-state index in [0.29, 0.717) is 0 Å². The van der Waals surface area contributed by atoms with Gasteiger partial charge in [0.2, 0.25) is 0 Å². The summed E-state index contributed by atoms with van der Waals surface area (Å²) in [6.07, 6.45) is 2.10. The molecule has 82 valence electrons. The fraction of sp³-hybridized carbons (Fsp3) is 0.900. The Balaban J connectivity index is 2.79. The van der Waals surface area contributed by atoms with Crippen LogP contribution in [-0.2, 0) is 0 Å². The lowest BCUT2D eigenvalue weighted by atomic mass is 10.1. The largest absolute Gasteiger partial charge is 0.334 e. The molecule has 1 heterocycles. The molecule has 0 aromatic heterocycles. The van der Waals surface area contributed by atoms with E-state index >= 15 is 0 Å². The van der Waals surface area contributed by atoms with Gasteiger partial charge in [0.25, 0.3) is 0 Å². The molecule has 0 aromatic carbocycles. The molecule has 0 atom stereocenters. The lowest BCUT2D eigenvalue weighted by Crippen LogP contribution is -2.53. The van der Waals surface area contributed by atoms with Crippen molar-refractivity contribution in [2.75, 3.05) is 26.1 Å². The number of hydrogen-bond acceptors (Lipinski definition) is 4. The predicted molar refractivity (Wildman–Crippen MR) is 64.7 cm³/mol. The van der Waals surface area contributed by atoms with E-state index in [1.807, 2.05) is 0 Å². The minimum atomic E-state index is 0.162. The molecule has 0 aromatic rings. The first-order valence-electron chi connectivity index (χ1n) is 5.07. The highest BCUT2D eigenvalue weighted by molar-refractivity contribution is 8.13. The molecule has 3 nitrogen and oxygen atoms in total. The first kappa shape index (κ1) is 11.9. The molecule has 1 aliphatic heterocycles. The van der Waals surface area contributed by atoms with E-state index in [-0.39, 0.29) is 5.54 Å². The highest BCUT2D eigenvalue weighted by Gasteiger charge is 2.28. The third-order valence-corrected chi connectivity index (χ3v) is 3.13. The zero-order valence-electron chi connectivity index (χ0n) is 9.87. The van der Waals surface area contributed by atoms with Crippen molar-refractivity contribution in [2.45, 2.75) is 33.2 Å². The summed E-state index contributed by atoms with van der Waals surface area (Å²) in [6.45, 7) is 11.8. The average Bonchev–Trinajstić information content (AvgIpc) is 2.15. The van der Waals surface area contributed by atoms with Gasteiger partial charge in [-0.15, -0.1) is 0 Å². The van der Waals surface area contributed by atoms with Crippen molar-refractivity contribution in [3.8, 4) is 0 Å². The Kier molecular flexibility index (Phi) is 3.84. The summed E-state index contributed by atoms with van der Waals surface area (Å²) < 4.78 is 0. The molecule has 14 heavy (non-hydrogen) atoms. The third-order valence-electron chi connectivity index (χ3n) is 2.42. The van der Waals surface area contributed by atoms with E-state index in [0.717, 1.165) is 19.9 Å². The SMILES string of the molecule is CCN1CN=C(SC)N(C(C)(C)C)C1. The second-order valence-electron chi connectivity index (χ2n) is 4.51. The van der Waals surface area contributed by atoms with E-state index in [4.69, 9.17) is 0 Å². The summed E-state index contributed by atoms with van der Waals surface area (Å²) in [7, 11) is 0. The van der Waals surface area contributed by atoms with Gasteiger partial charge in [0.15, 0.2) is 5.17 Å². The quantitative estimate of drug-likeness (QED) is 0.667. The summed E-state index contributed by atoms with van der Waals surface area (Å²) in [5.41, 5.74) is 0.162. The van der Waals surface area contributed by atoms with Crippen LogP contribution >= 0.6 is 11.8 Å². The van der Waals surface area contributed by atoms with E-state index in [2.05, 4.69) is 48.7 Å². The highest BCUT2D eigenvalue weighted by Crippen LogP contribution is 2.21. The maximum absolute atomic E-state index is 4.58. The molecule has 0 unspecified atom stereocenters. The first-order valence-corrected chi connectivity index (χ1v) is 6.30. The van der Waals surface area contributed by atoms with Gasteiger partial charge in [-0.1, -0.05) is 18.7 Å². The normalized spacial score (nSPS) is 19.8. The van der Waals surface area contributed by atoms with E-state index in [9.17, 15) is 0 Å². The topological polar surface area (TPSA) is 18.8 Å². The number of thioether (sulfide) groups is 1. The Bertz CT molecular complexity index is 220. The van der Waals surface area contributed by atoms with E-state index in [1.165, 1.54) is 5.17 Å². The van der Waals surface area contributed by atoms with Crippen LogP contribution in [-0.4, -0.2) is 46.6 Å². The lowest BCUT2D eigenvalue weighted by molar-refractivity contribution is 0.117. The smallest absolute Gasteiger partial charge is 0.161 e. The molecule has 0 saturated heterocycles. The van der Waals surface area contributed by atoms with Gasteiger partial charge in [-0.05, 0) is 33.6 Å². The molecule has 0 spiro atoms. The van der Waals surface area contributed by atoms with Crippen LogP contribution in [0.5, 0.6) is 0 Å². The molecular formula is C10H21N3S. The molecule has 0 amide bonds. The standard InChI is InChI=1S/C10H21N3S/c1-6-12-7-11-9(14-5)13(8-12)10(2,3)4/h6-8H2,1-5H3. The molecular weight excluding hydrogens is 194 g/mol. The highest BCUT2D eigenvalue weighted by atomic mass is 32.2. The van der Waals surface area contributed by atoms with E-state index in [1.54, 1.807) is 11.8 Å². The van der Waals surface area contributed by atoms with Crippen molar-refractivity contribution in [3.05, 3.63) is 0 Å². The molecule has 1 rings (SSSR count). The summed E-state index contributed by atoms with van der Waals surface area (Å²) >= 11 is 1.74. The van der Waals surface area contributed by atoms with Crippen molar-refractivity contribution in [3.63, 3.8) is 0 Å². The Hall–Kier alpha value is -0.220. The van der Waals surface area contributed by atoms with E-state index < -0.39 is 0 Å². The molecule has 0 radical (unpaired) electrons. The van der Waals surface area contributed by atoms with Crippen LogP contribution in [0.2, 0.25) is 0 Å². The molecule has 0 aliphatic carbocycles. The van der Waals surface area contributed by atoms with Gasteiger partial charge in [-0.25, -0.2) is 4.99 Å². The number of nitrogens with zero attached hydrogens (tertiary/aromatic N) is 3. The number of hydrogen-bond donors (Lipinski definition) is 0. The van der Waals surface area contributed by atoms with Crippen LogP contribution in [0, 0.1) is 0 Å². The molecule has 0 fully saturated rings. The number of amidine groups is 1. The fourth-order valence-corrected chi connectivity index (χ4v) is 2.16. The summed E-state index contributed by atoms with van der Waals surface area (Å²) in [4.78, 5) is 9.28. The van der Waals surface area contributed by atoms with Crippen LogP contribution < -0.4 is 0 Å². The van der Waals surface area contributed by atoms with Gasteiger partial charge in [-0.3, -0.25) is 4.90 Å². The number of aliphatic imine (C=N–C) groups is 1. The van der Waals surface area contributed by atoms with Crippen LogP contribution in [0.15, 0.2) is 4.99 Å². The third kappa shape index (κ3) is 2.64. The van der Waals surface area contributed by atoms with Crippen molar-refractivity contribution >= 4 is 16.9 Å². The van der Waals surface area contributed by atoms with Crippen molar-refractivity contribution in [1.29, 1.82) is 0 Å². The summed E-state index contributed by atoms with van der Waals surface area (Å²) in [6, 6.07) is 0. The second-order valence-corrected chi connectivity index (χ2v) is 5.29. The van der Waals surface area contributed by atoms with Gasteiger partial charge < -0.3 is 4.90 Å². The van der Waals surface area contributed by atoms with Crippen LogP contribution in [0.25, 0.3) is 0 Å². The maximum atomic E-state index is 4.58. The Labute approximate surface area is 91.6 Å². The molecule has 1 aliphatic rings. The Morgan fingerprint density at radius 1 is 1.43 bits per heavy atom. The molecule has 0 N–H and O–H groups in total. The predicted octanol–water partition coefficient (Wildman–Crippen LogP) is 2.06. The van der Waals surface area contributed by atoms with Crippen LogP contribution in [0.1, 0.15) is 27.7 Å². The van der Waals surface area contributed by atoms with Gasteiger partial charge in [0, 0.05) is 5.54 Å². The molecule has 0 saturated carbocycles. The monoisotopic (exact) mass is 215 g/mol. The molecule has 0 bridgehead atoms. The number of rotatable bonds is 1. The lowest BCUT2D eigenvalue weighted by Gasteiger charge is -2.43. The summed E-state index contributed by atoms with van der Waals surface area (Å²) in [5, 5.41) is 1.17. The fourth-order valence-electron chi connectivity index (χ4n) is 1.42. The van der Waals surface area contributed by atoms with Crippen LogP contribution in [0.3, 0.4) is 0 Å². The maximum Gasteiger partial charge on any atom is 0.161 e. The van der Waals surface area contributed by atoms with Gasteiger partial charge >= 0.3 is 0 Å². The van der Waals surface area contributed by atoms with Crippen molar-refractivity contribution in [1.82, 2.24) is 9.80 Å². The van der Waals surface area contributed by atoms with Crippen LogP contribution in [0.4, 0.5) is 0 Å². The minimum Gasteiger partial charge on any atom is -0.334 e. The van der Waals surface area contributed by atoms with Gasteiger partial charge in [-0.2, -0.15) is 0 Å². The minimum absolute atomic E-state index is 0.162. The van der Waals surface area contributed by atoms with Crippen molar-refractivity contribution < 1.29 is 0 Å². The Morgan fingerprint density at radius 2 is 2.07 bits per heavy atom. The van der Waals surface area contributed by atoms with Gasteiger partial charge in [0.05, 0.1) is 13.3 Å². The van der Waals surface area contributed by atoms with Crippen molar-refractivity contribution in [2.24, 2.45) is 4.99 Å². The first-order chi connectivity index (χ1) is 6.49.